The molecule has 0 aliphatic carbocycles. The Morgan fingerprint density at radius 3 is 2.53 bits per heavy atom. The van der Waals surface area contributed by atoms with E-state index in [1.807, 2.05) is 11.9 Å². The average Bonchev–Trinajstić information content (AvgIpc) is 2.70. The van der Waals surface area contributed by atoms with Crippen LogP contribution in [0.1, 0.15) is 23.0 Å². The number of hydrogen-bond acceptors (Lipinski definition) is 7. The standard InChI is InChI=1S/C21H21F4N5O3S/c1-19(11-34(32)20(18(26)29-19)9-30(2)10-20)14-7-12(3-5-15(14)22)28-17(31)16-6-4-13(8-27-16)33-21(23,24)25/h3-8H,9-11H2,1-2H3,(H2,26,29)(H,28,31)/t19-,34?/m0/s1. The topological polar surface area (TPSA) is 110 Å². The van der Waals surface area contributed by atoms with E-state index in [9.17, 15) is 26.6 Å². The second-order valence-corrected chi connectivity index (χ2v) is 10.3. The Bertz CT molecular complexity index is 1180. The van der Waals surface area contributed by atoms with Crippen LogP contribution >= 0.6 is 0 Å². The Balaban J connectivity index is 1.55. The quantitative estimate of drug-likeness (QED) is 0.626. The molecule has 1 spiro atoms. The Kier molecular flexibility index (Phi) is 5.88. The van der Waals surface area contributed by atoms with Crippen molar-refractivity contribution in [3.63, 3.8) is 0 Å². The molecule has 4 rings (SSSR count). The molecule has 2 atom stereocenters. The van der Waals surface area contributed by atoms with E-state index in [1.165, 1.54) is 12.1 Å². The summed E-state index contributed by atoms with van der Waals surface area (Å²) >= 11 is 0. The number of rotatable bonds is 4. The first kappa shape index (κ1) is 24.1. The summed E-state index contributed by atoms with van der Waals surface area (Å²) in [4.78, 5) is 22.7. The molecule has 182 valence electrons. The van der Waals surface area contributed by atoms with Crippen LogP contribution < -0.4 is 15.8 Å². The number of amides is 1. The van der Waals surface area contributed by atoms with Crippen molar-refractivity contribution in [1.82, 2.24) is 9.88 Å². The number of ether oxygens (including phenoxy) is 1. The molecule has 3 heterocycles. The second-order valence-electron chi connectivity index (χ2n) is 8.50. The van der Waals surface area contributed by atoms with Gasteiger partial charge in [0.1, 0.15) is 27.8 Å². The maximum atomic E-state index is 14.8. The number of pyridine rings is 1. The molecule has 1 saturated heterocycles. The molecule has 0 bridgehead atoms. The van der Waals surface area contributed by atoms with Crippen LogP contribution in [0.25, 0.3) is 0 Å². The number of benzene rings is 1. The van der Waals surface area contributed by atoms with Crippen molar-refractivity contribution in [2.75, 3.05) is 31.2 Å². The number of aliphatic imine (C=N–C) groups is 1. The number of hydrogen-bond donors (Lipinski definition) is 2. The van der Waals surface area contributed by atoms with Gasteiger partial charge in [-0.05, 0) is 44.3 Å². The van der Waals surface area contributed by atoms with E-state index in [0.717, 1.165) is 24.4 Å². The minimum absolute atomic E-state index is 0.0537. The summed E-state index contributed by atoms with van der Waals surface area (Å²) < 4.78 is 67.7. The van der Waals surface area contributed by atoms with E-state index in [-0.39, 0.29) is 28.5 Å². The number of halogens is 4. The summed E-state index contributed by atoms with van der Waals surface area (Å²) in [7, 11) is 0.480. The third-order valence-corrected chi connectivity index (χ3v) is 7.90. The SMILES string of the molecule is CN1CC2(C1)C(N)=N[C@](C)(c1cc(NC(=O)c3ccc(OC(F)(F)F)cn3)ccc1F)CS2=O. The van der Waals surface area contributed by atoms with Crippen LogP contribution in [-0.2, 0) is 16.3 Å². The number of aromatic nitrogens is 1. The minimum Gasteiger partial charge on any atom is -0.404 e. The van der Waals surface area contributed by atoms with Crippen molar-refractivity contribution < 1.29 is 31.3 Å². The van der Waals surface area contributed by atoms with Gasteiger partial charge >= 0.3 is 6.36 Å². The zero-order valence-corrected chi connectivity index (χ0v) is 19.0. The Morgan fingerprint density at radius 1 is 1.26 bits per heavy atom. The first-order chi connectivity index (χ1) is 15.8. The van der Waals surface area contributed by atoms with Gasteiger partial charge in [-0.2, -0.15) is 0 Å². The third kappa shape index (κ3) is 4.49. The molecule has 2 aliphatic rings. The van der Waals surface area contributed by atoms with Gasteiger partial charge in [-0.25, -0.2) is 9.37 Å². The summed E-state index contributed by atoms with van der Waals surface area (Å²) in [6, 6.07) is 5.84. The lowest BCUT2D eigenvalue weighted by molar-refractivity contribution is -0.274. The van der Waals surface area contributed by atoms with E-state index in [0.29, 0.717) is 13.1 Å². The summed E-state index contributed by atoms with van der Waals surface area (Å²) in [5.74, 6) is -1.65. The van der Waals surface area contributed by atoms with E-state index in [4.69, 9.17) is 5.73 Å². The number of likely N-dealkylation sites (tertiary alicyclic amines) is 1. The molecule has 2 aliphatic heterocycles. The summed E-state index contributed by atoms with van der Waals surface area (Å²) in [6.45, 7) is 2.63. The highest BCUT2D eigenvalue weighted by Gasteiger charge is 2.55. The van der Waals surface area contributed by atoms with E-state index >= 15 is 0 Å². The molecule has 1 aromatic heterocycles. The molecule has 8 nitrogen and oxygen atoms in total. The van der Waals surface area contributed by atoms with Gasteiger partial charge in [0.25, 0.3) is 5.91 Å². The fourth-order valence-electron chi connectivity index (χ4n) is 4.10. The fourth-order valence-corrected chi connectivity index (χ4v) is 6.11. The predicted octanol–water partition coefficient (Wildman–Crippen LogP) is 2.39. The highest BCUT2D eigenvalue weighted by Crippen LogP contribution is 2.40. The largest absolute Gasteiger partial charge is 0.573 e. The molecule has 2 aromatic rings. The van der Waals surface area contributed by atoms with Crippen molar-refractivity contribution in [3.05, 3.63) is 53.6 Å². The van der Waals surface area contributed by atoms with E-state index in [1.54, 1.807) is 6.92 Å². The van der Waals surface area contributed by atoms with Crippen LogP contribution in [0, 0.1) is 5.82 Å². The van der Waals surface area contributed by atoms with Gasteiger partial charge < -0.3 is 20.7 Å². The molecule has 1 amide bonds. The van der Waals surface area contributed by atoms with E-state index in [2.05, 4.69) is 20.0 Å². The van der Waals surface area contributed by atoms with Crippen LogP contribution in [0.2, 0.25) is 0 Å². The normalized spacial score (nSPS) is 24.3. The Morgan fingerprint density at radius 2 is 1.97 bits per heavy atom. The number of nitrogens with two attached hydrogens (primary N) is 1. The first-order valence-corrected chi connectivity index (χ1v) is 11.4. The van der Waals surface area contributed by atoms with E-state index < -0.39 is 44.9 Å². The number of anilines is 1. The monoisotopic (exact) mass is 499 g/mol. The lowest BCUT2D eigenvalue weighted by Crippen LogP contribution is -2.71. The molecule has 0 saturated carbocycles. The molecule has 0 radical (unpaired) electrons. The van der Waals surface area contributed by atoms with Gasteiger partial charge in [0.05, 0.1) is 17.5 Å². The van der Waals surface area contributed by atoms with Crippen molar-refractivity contribution >= 4 is 28.2 Å². The van der Waals surface area contributed by atoms with Crippen molar-refractivity contribution in [1.29, 1.82) is 0 Å². The first-order valence-electron chi connectivity index (χ1n) is 10.1. The van der Waals surface area contributed by atoms with Crippen molar-refractivity contribution in [2.24, 2.45) is 10.7 Å². The number of carbonyl (C=O) groups is 1. The van der Waals surface area contributed by atoms with Crippen molar-refractivity contribution in [2.45, 2.75) is 23.6 Å². The van der Waals surface area contributed by atoms with Crippen molar-refractivity contribution in [3.8, 4) is 5.75 Å². The molecule has 1 unspecified atom stereocenters. The summed E-state index contributed by atoms with van der Waals surface area (Å²) in [6.07, 6.45) is -4.11. The average molecular weight is 499 g/mol. The second kappa shape index (κ2) is 8.31. The number of nitrogens with zero attached hydrogens (tertiary/aromatic N) is 3. The van der Waals surface area contributed by atoms with Gasteiger partial charge in [-0.15, -0.1) is 13.2 Å². The molecule has 3 N–H and O–H groups in total. The van der Waals surface area contributed by atoms with Crippen LogP contribution in [0.4, 0.5) is 23.2 Å². The van der Waals surface area contributed by atoms with Crippen LogP contribution in [0.3, 0.4) is 0 Å². The number of carbonyl (C=O) groups excluding carboxylic acids is 1. The van der Waals surface area contributed by atoms with Gasteiger partial charge in [0.15, 0.2) is 0 Å². The highest BCUT2D eigenvalue weighted by atomic mass is 32.2. The number of amidine groups is 1. The molecule has 1 aromatic carbocycles. The van der Waals surface area contributed by atoms with Gasteiger partial charge in [-0.1, -0.05) is 0 Å². The smallest absolute Gasteiger partial charge is 0.404 e. The Labute approximate surface area is 194 Å². The lowest BCUT2D eigenvalue weighted by atomic mass is 9.91. The van der Waals surface area contributed by atoms with Crippen LogP contribution in [0.15, 0.2) is 41.5 Å². The molecular weight excluding hydrogens is 478 g/mol. The Hall–Kier alpha value is -3.06. The maximum absolute atomic E-state index is 14.8. The third-order valence-electron chi connectivity index (χ3n) is 5.74. The summed E-state index contributed by atoms with van der Waals surface area (Å²) in [5.41, 5.74) is 5.09. The van der Waals surface area contributed by atoms with Gasteiger partial charge in [-0.3, -0.25) is 14.0 Å². The zero-order valence-electron chi connectivity index (χ0n) is 18.1. The molecule has 1 fully saturated rings. The molecular formula is C21H21F4N5O3S. The number of nitrogens with one attached hydrogen (secondary N) is 1. The summed E-state index contributed by atoms with van der Waals surface area (Å²) in [5, 5.41) is 2.52. The maximum Gasteiger partial charge on any atom is 0.573 e. The molecule has 34 heavy (non-hydrogen) atoms. The van der Waals surface area contributed by atoms with Gasteiger partial charge in [0, 0.05) is 35.1 Å². The minimum atomic E-state index is -4.88. The van der Waals surface area contributed by atoms with Gasteiger partial charge in [0.2, 0.25) is 0 Å². The predicted molar refractivity (Wildman–Crippen MR) is 117 cm³/mol. The van der Waals surface area contributed by atoms with Crippen LogP contribution in [-0.4, -0.2) is 62.8 Å². The fraction of sp³-hybridized carbons (Fsp3) is 0.381. The van der Waals surface area contributed by atoms with Crippen LogP contribution in [0.5, 0.6) is 5.75 Å². The molecule has 13 heteroatoms. The zero-order chi connectivity index (χ0) is 24.9. The number of alkyl halides is 3. The lowest BCUT2D eigenvalue weighted by Gasteiger charge is -2.51. The highest BCUT2D eigenvalue weighted by molar-refractivity contribution is 7.87.